The number of aromatic amines is 1. The average Bonchev–Trinajstić information content (AvgIpc) is 2.13. The number of sulfonamides is 2. The highest BCUT2D eigenvalue weighted by Gasteiger charge is 2.27. The van der Waals surface area contributed by atoms with Gasteiger partial charge < -0.3 is 10.3 Å². The van der Waals surface area contributed by atoms with Gasteiger partial charge in [-0.05, 0) is 6.07 Å². The van der Waals surface area contributed by atoms with Gasteiger partial charge in [0.1, 0.15) is 15.6 Å². The van der Waals surface area contributed by atoms with E-state index in [9.17, 15) is 21.6 Å². The van der Waals surface area contributed by atoms with Crippen molar-refractivity contribution in [3.8, 4) is 0 Å². The predicted molar refractivity (Wildman–Crippen MR) is 57.2 cm³/mol. The zero-order chi connectivity index (χ0) is 12.8. The molecule has 0 aromatic carbocycles. The summed E-state index contributed by atoms with van der Waals surface area (Å²) in [6.45, 7) is -0.0972. The second kappa shape index (κ2) is 3.53. The molecule has 0 unspecified atom stereocenters. The van der Waals surface area contributed by atoms with Gasteiger partial charge in [0.05, 0.1) is 6.67 Å². The van der Waals surface area contributed by atoms with E-state index in [2.05, 4.69) is 15.0 Å². The molecule has 0 radical (unpaired) electrons. The minimum absolute atomic E-state index is 0.0684. The van der Waals surface area contributed by atoms with Crippen LogP contribution in [0.5, 0.6) is 0 Å². The van der Waals surface area contributed by atoms with Crippen LogP contribution in [0.1, 0.15) is 0 Å². The smallest absolute Gasteiger partial charge is 0.269 e. The van der Waals surface area contributed by atoms with Crippen LogP contribution in [0.15, 0.2) is 20.7 Å². The molecule has 0 fully saturated rings. The molecular formula is C6H8N4O5S2. The van der Waals surface area contributed by atoms with Crippen LogP contribution >= 0.6 is 0 Å². The van der Waals surface area contributed by atoms with Crippen molar-refractivity contribution in [2.45, 2.75) is 9.79 Å². The van der Waals surface area contributed by atoms with Crippen molar-refractivity contribution < 1.29 is 16.8 Å². The number of primary sulfonamides is 1. The van der Waals surface area contributed by atoms with Gasteiger partial charge in [0.2, 0.25) is 20.0 Å². The molecule has 2 rings (SSSR count). The Bertz CT molecular complexity index is 732. The zero-order valence-electron chi connectivity index (χ0n) is 8.22. The fraction of sp³-hybridized carbons (Fsp3) is 0.167. The molecule has 5 N–H and O–H groups in total. The predicted octanol–water partition coefficient (Wildman–Crippen LogP) is -2.32. The Balaban J connectivity index is 2.84. The third kappa shape index (κ3) is 2.04. The van der Waals surface area contributed by atoms with Gasteiger partial charge in [-0.3, -0.25) is 4.79 Å². The molecule has 1 aliphatic heterocycles. The van der Waals surface area contributed by atoms with Crippen LogP contribution in [-0.4, -0.2) is 28.5 Å². The van der Waals surface area contributed by atoms with Crippen LogP contribution in [-0.2, 0) is 20.0 Å². The molecule has 0 spiro atoms. The summed E-state index contributed by atoms with van der Waals surface area (Å²) >= 11 is 0. The van der Waals surface area contributed by atoms with E-state index in [4.69, 9.17) is 5.14 Å². The molecule has 1 aromatic heterocycles. The van der Waals surface area contributed by atoms with Gasteiger partial charge in [-0.25, -0.2) is 22.0 Å². The Labute approximate surface area is 96.1 Å². The first-order chi connectivity index (χ1) is 7.72. The molecule has 11 heteroatoms. The molecule has 0 atom stereocenters. The standard InChI is InChI=1S/C6H8N4O5S2/c7-16(12,13)4-1-3-5(10-6(4)11)8-2-9-17(3,14)15/h1,9H,2H2,(H2,7,12,13)(H2,8,10,11). The molecule has 0 saturated heterocycles. The maximum Gasteiger partial charge on any atom is 0.269 e. The Kier molecular flexibility index (Phi) is 2.50. The topological polar surface area (TPSA) is 151 Å². The van der Waals surface area contributed by atoms with Crippen molar-refractivity contribution in [2.75, 3.05) is 12.0 Å². The molecule has 9 nitrogen and oxygen atoms in total. The van der Waals surface area contributed by atoms with Gasteiger partial charge in [0.15, 0.2) is 0 Å². The summed E-state index contributed by atoms with van der Waals surface area (Å²) < 4.78 is 47.4. The van der Waals surface area contributed by atoms with Crippen molar-refractivity contribution in [2.24, 2.45) is 5.14 Å². The fourth-order valence-corrected chi connectivity index (χ4v) is 3.09. The Hall–Kier alpha value is -1.43. The lowest BCUT2D eigenvalue weighted by Gasteiger charge is -2.18. The number of pyridine rings is 1. The molecule has 0 aliphatic carbocycles. The van der Waals surface area contributed by atoms with Crippen molar-refractivity contribution in [3.63, 3.8) is 0 Å². The first kappa shape index (κ1) is 12.0. The number of hydrogen-bond donors (Lipinski definition) is 4. The van der Waals surface area contributed by atoms with E-state index < -0.39 is 30.5 Å². The lowest BCUT2D eigenvalue weighted by atomic mass is 10.4. The summed E-state index contributed by atoms with van der Waals surface area (Å²) in [5.74, 6) is -0.0684. The Morgan fingerprint density at radius 3 is 2.59 bits per heavy atom. The molecule has 17 heavy (non-hydrogen) atoms. The molecule has 1 aliphatic rings. The first-order valence-corrected chi connectivity index (χ1v) is 7.28. The lowest BCUT2D eigenvalue weighted by molar-refractivity contribution is 0.579. The third-order valence-corrected chi connectivity index (χ3v) is 4.44. The van der Waals surface area contributed by atoms with Gasteiger partial charge in [0, 0.05) is 0 Å². The Morgan fingerprint density at radius 1 is 1.35 bits per heavy atom. The van der Waals surface area contributed by atoms with Gasteiger partial charge >= 0.3 is 0 Å². The van der Waals surface area contributed by atoms with Crippen LogP contribution < -0.4 is 20.7 Å². The van der Waals surface area contributed by atoms with Gasteiger partial charge in [-0.1, -0.05) is 0 Å². The molecular weight excluding hydrogens is 272 g/mol. The second-order valence-corrected chi connectivity index (χ2v) is 6.51. The van der Waals surface area contributed by atoms with E-state index in [1.807, 2.05) is 0 Å². The molecule has 0 saturated carbocycles. The maximum absolute atomic E-state index is 11.6. The molecule has 0 amide bonds. The SMILES string of the molecule is NS(=O)(=O)c1cc2c([nH]c1=O)NCNS2(=O)=O. The van der Waals surface area contributed by atoms with E-state index >= 15 is 0 Å². The summed E-state index contributed by atoms with van der Waals surface area (Å²) in [7, 11) is -8.13. The fourth-order valence-electron chi connectivity index (χ4n) is 1.35. The van der Waals surface area contributed by atoms with Crippen molar-refractivity contribution >= 4 is 25.9 Å². The molecule has 94 valence electrons. The largest absolute Gasteiger partial charge is 0.357 e. The van der Waals surface area contributed by atoms with Crippen LogP contribution in [0, 0.1) is 0 Å². The monoisotopic (exact) mass is 280 g/mol. The van der Waals surface area contributed by atoms with Crippen molar-refractivity contribution in [1.29, 1.82) is 0 Å². The van der Waals surface area contributed by atoms with E-state index in [1.165, 1.54) is 0 Å². The van der Waals surface area contributed by atoms with E-state index in [1.54, 1.807) is 0 Å². The number of anilines is 1. The highest BCUT2D eigenvalue weighted by Crippen LogP contribution is 2.21. The van der Waals surface area contributed by atoms with Gasteiger partial charge in [-0.2, -0.15) is 4.72 Å². The van der Waals surface area contributed by atoms with E-state index in [0.717, 1.165) is 6.07 Å². The van der Waals surface area contributed by atoms with Crippen LogP contribution in [0.4, 0.5) is 5.82 Å². The summed E-state index contributed by atoms with van der Waals surface area (Å²) in [4.78, 5) is 12.3. The number of hydrogen-bond acceptors (Lipinski definition) is 6. The normalized spacial score (nSPS) is 18.2. The first-order valence-electron chi connectivity index (χ1n) is 4.25. The summed E-state index contributed by atoms with van der Waals surface area (Å²) in [5, 5.41) is 7.35. The number of nitrogens with two attached hydrogens (primary N) is 1. The van der Waals surface area contributed by atoms with Crippen molar-refractivity contribution in [1.82, 2.24) is 9.71 Å². The summed E-state index contributed by atoms with van der Waals surface area (Å²) in [5.41, 5.74) is -0.976. The minimum atomic E-state index is -4.28. The van der Waals surface area contributed by atoms with Crippen LogP contribution in [0.3, 0.4) is 0 Å². The highest BCUT2D eigenvalue weighted by molar-refractivity contribution is 7.90. The minimum Gasteiger partial charge on any atom is -0.357 e. The number of rotatable bonds is 1. The zero-order valence-corrected chi connectivity index (χ0v) is 9.85. The Morgan fingerprint density at radius 2 is 2.00 bits per heavy atom. The summed E-state index contributed by atoms with van der Waals surface area (Å²) in [6.07, 6.45) is 0. The lowest BCUT2D eigenvalue weighted by Crippen LogP contribution is -2.37. The molecule has 1 aromatic rings. The number of fused-ring (bicyclic) bond motifs is 1. The molecule has 0 bridgehead atoms. The third-order valence-electron chi connectivity index (χ3n) is 2.09. The quantitative estimate of drug-likeness (QED) is 0.453. The van der Waals surface area contributed by atoms with E-state index in [-0.39, 0.29) is 17.4 Å². The number of nitrogens with one attached hydrogen (secondary N) is 3. The average molecular weight is 280 g/mol. The number of aromatic nitrogens is 1. The maximum atomic E-state index is 11.6. The van der Waals surface area contributed by atoms with E-state index in [0.29, 0.717) is 0 Å². The second-order valence-electron chi connectivity index (χ2n) is 3.25. The highest BCUT2D eigenvalue weighted by atomic mass is 32.2. The summed E-state index contributed by atoms with van der Waals surface area (Å²) in [6, 6.07) is 0.720. The molecule has 2 heterocycles. The van der Waals surface area contributed by atoms with Crippen LogP contribution in [0.2, 0.25) is 0 Å². The van der Waals surface area contributed by atoms with Gasteiger partial charge in [0.25, 0.3) is 5.56 Å². The van der Waals surface area contributed by atoms with Crippen molar-refractivity contribution in [3.05, 3.63) is 16.4 Å². The van der Waals surface area contributed by atoms with Crippen LogP contribution in [0.25, 0.3) is 0 Å². The van der Waals surface area contributed by atoms with Gasteiger partial charge in [-0.15, -0.1) is 0 Å². The number of H-pyrrole nitrogens is 1.